The highest BCUT2D eigenvalue weighted by Crippen LogP contribution is 2.47. The highest BCUT2D eigenvalue weighted by atomic mass is 35.5. The molecule has 1 aromatic carbocycles. The molecule has 0 atom stereocenters. The Morgan fingerprint density at radius 2 is 2.00 bits per heavy atom. The number of nitrogens with two attached hydrogens (primary N) is 1. The van der Waals surface area contributed by atoms with Crippen molar-refractivity contribution in [3.63, 3.8) is 0 Å². The van der Waals surface area contributed by atoms with Gasteiger partial charge in [-0.1, -0.05) is 11.6 Å². The van der Waals surface area contributed by atoms with Crippen LogP contribution in [0.15, 0.2) is 29.2 Å². The molecule has 1 aliphatic rings. The van der Waals surface area contributed by atoms with Crippen LogP contribution in [0.5, 0.6) is 0 Å². The van der Waals surface area contributed by atoms with Crippen molar-refractivity contribution in [2.75, 3.05) is 6.54 Å². The van der Waals surface area contributed by atoms with Gasteiger partial charge in [-0.3, -0.25) is 0 Å². The molecule has 0 unspecified atom stereocenters. The van der Waals surface area contributed by atoms with E-state index in [1.807, 2.05) is 24.3 Å². The van der Waals surface area contributed by atoms with Crippen molar-refractivity contribution < 1.29 is 5.11 Å². The summed E-state index contributed by atoms with van der Waals surface area (Å²) in [6.07, 6.45) is 1.40. The summed E-state index contributed by atoms with van der Waals surface area (Å²) in [4.78, 5) is 1.16. The molecule has 0 aliphatic heterocycles. The minimum Gasteiger partial charge on any atom is -0.393 e. The maximum atomic E-state index is 9.35. The Kier molecular flexibility index (Phi) is 3.26. The van der Waals surface area contributed by atoms with E-state index in [4.69, 9.17) is 17.3 Å². The number of benzene rings is 1. The van der Waals surface area contributed by atoms with Gasteiger partial charge in [-0.25, -0.2) is 0 Å². The molecule has 0 radical (unpaired) electrons. The first-order valence-corrected chi connectivity index (χ1v) is 6.16. The van der Waals surface area contributed by atoms with Crippen molar-refractivity contribution in [2.45, 2.75) is 28.6 Å². The molecule has 0 amide bonds. The molecule has 1 saturated carbocycles. The third-order valence-electron chi connectivity index (χ3n) is 2.74. The summed E-state index contributed by atoms with van der Waals surface area (Å²) in [5, 5.41) is 10.1. The fraction of sp³-hybridized carbons (Fsp3) is 0.455. The van der Waals surface area contributed by atoms with Gasteiger partial charge in [-0.05, 0) is 37.1 Å². The van der Waals surface area contributed by atoms with Gasteiger partial charge < -0.3 is 10.8 Å². The fourth-order valence-electron chi connectivity index (χ4n) is 1.84. The fourth-order valence-corrected chi connectivity index (χ4v) is 3.38. The Hall–Kier alpha value is -0.220. The van der Waals surface area contributed by atoms with Gasteiger partial charge in [0.05, 0.1) is 6.10 Å². The van der Waals surface area contributed by atoms with Crippen LogP contribution >= 0.6 is 23.4 Å². The maximum Gasteiger partial charge on any atom is 0.0568 e. The third kappa shape index (κ3) is 2.48. The quantitative estimate of drug-likeness (QED) is 0.856. The second-order valence-corrected chi connectivity index (χ2v) is 5.98. The van der Waals surface area contributed by atoms with Crippen molar-refractivity contribution >= 4 is 23.4 Å². The standard InChI is InChI=1S/C11H14ClNOS/c12-8-1-3-10(4-2-8)15-11(7-13)5-9(14)6-11/h1-4,9,14H,5-7,13H2. The van der Waals surface area contributed by atoms with Gasteiger partial charge in [-0.2, -0.15) is 0 Å². The molecule has 82 valence electrons. The Morgan fingerprint density at radius 1 is 1.40 bits per heavy atom. The average molecular weight is 244 g/mol. The van der Waals surface area contributed by atoms with E-state index in [9.17, 15) is 5.11 Å². The summed E-state index contributed by atoms with van der Waals surface area (Å²) in [5.41, 5.74) is 5.75. The lowest BCUT2D eigenvalue weighted by molar-refractivity contribution is 0.0643. The lowest BCUT2D eigenvalue weighted by atomic mass is 9.81. The summed E-state index contributed by atoms with van der Waals surface area (Å²) in [6, 6.07) is 7.75. The van der Waals surface area contributed by atoms with Gasteiger partial charge in [-0.15, -0.1) is 11.8 Å². The minimum atomic E-state index is -0.173. The van der Waals surface area contributed by atoms with Crippen LogP contribution in [0.4, 0.5) is 0 Å². The number of thioether (sulfide) groups is 1. The van der Waals surface area contributed by atoms with E-state index in [-0.39, 0.29) is 10.9 Å². The predicted octanol–water partition coefficient (Wildman–Crippen LogP) is 2.28. The first-order valence-electron chi connectivity index (χ1n) is 4.96. The van der Waals surface area contributed by atoms with E-state index in [2.05, 4.69) is 0 Å². The molecular formula is C11H14ClNOS. The Bertz CT molecular complexity index is 335. The van der Waals surface area contributed by atoms with E-state index in [0.717, 1.165) is 22.8 Å². The lowest BCUT2D eigenvalue weighted by Gasteiger charge is -2.44. The highest BCUT2D eigenvalue weighted by Gasteiger charge is 2.43. The summed E-state index contributed by atoms with van der Waals surface area (Å²) in [7, 11) is 0. The zero-order valence-electron chi connectivity index (χ0n) is 8.32. The van der Waals surface area contributed by atoms with Crippen molar-refractivity contribution in [1.82, 2.24) is 0 Å². The molecule has 15 heavy (non-hydrogen) atoms. The molecule has 2 nitrogen and oxygen atoms in total. The van der Waals surface area contributed by atoms with Crippen LogP contribution in [0, 0.1) is 0 Å². The van der Waals surface area contributed by atoms with Crippen molar-refractivity contribution in [3.8, 4) is 0 Å². The number of rotatable bonds is 3. The topological polar surface area (TPSA) is 46.2 Å². The Balaban J connectivity index is 2.04. The van der Waals surface area contributed by atoms with Gasteiger partial charge >= 0.3 is 0 Å². The summed E-state index contributed by atoms with van der Waals surface area (Å²) in [5.74, 6) is 0. The van der Waals surface area contributed by atoms with E-state index in [1.165, 1.54) is 0 Å². The summed E-state index contributed by atoms with van der Waals surface area (Å²) < 4.78 is 0.0350. The van der Waals surface area contributed by atoms with Gasteiger partial charge in [0.2, 0.25) is 0 Å². The van der Waals surface area contributed by atoms with Gasteiger partial charge in [0, 0.05) is 21.2 Å². The van der Waals surface area contributed by atoms with E-state index >= 15 is 0 Å². The van der Waals surface area contributed by atoms with Crippen molar-refractivity contribution in [3.05, 3.63) is 29.3 Å². The zero-order valence-corrected chi connectivity index (χ0v) is 9.89. The molecule has 0 spiro atoms. The Morgan fingerprint density at radius 3 is 2.47 bits per heavy atom. The van der Waals surface area contributed by atoms with Gasteiger partial charge in [0.15, 0.2) is 0 Å². The van der Waals surface area contributed by atoms with Crippen molar-refractivity contribution in [2.24, 2.45) is 5.73 Å². The van der Waals surface area contributed by atoms with Crippen LogP contribution in [0.1, 0.15) is 12.8 Å². The normalized spacial score (nSPS) is 29.9. The second kappa shape index (κ2) is 4.34. The number of halogens is 1. The second-order valence-electron chi connectivity index (χ2n) is 4.01. The first kappa shape index (κ1) is 11.3. The first-order chi connectivity index (χ1) is 7.13. The largest absolute Gasteiger partial charge is 0.393 e. The molecule has 2 rings (SSSR count). The predicted molar refractivity (Wildman–Crippen MR) is 64.3 cm³/mol. The smallest absolute Gasteiger partial charge is 0.0568 e. The molecule has 0 bridgehead atoms. The number of aliphatic hydroxyl groups is 1. The summed E-state index contributed by atoms with van der Waals surface area (Å²) in [6.45, 7) is 0.608. The number of aliphatic hydroxyl groups excluding tert-OH is 1. The monoisotopic (exact) mass is 243 g/mol. The van der Waals surface area contributed by atoms with E-state index in [1.54, 1.807) is 11.8 Å². The van der Waals surface area contributed by atoms with Crippen LogP contribution in [0.2, 0.25) is 5.02 Å². The molecule has 1 fully saturated rings. The number of hydrogen-bond donors (Lipinski definition) is 2. The van der Waals surface area contributed by atoms with E-state index in [0.29, 0.717) is 6.54 Å². The molecule has 0 aromatic heterocycles. The molecule has 0 heterocycles. The molecule has 3 N–H and O–H groups in total. The van der Waals surface area contributed by atoms with Gasteiger partial charge in [0.1, 0.15) is 0 Å². The molecule has 1 aliphatic carbocycles. The number of hydrogen-bond acceptors (Lipinski definition) is 3. The summed E-state index contributed by atoms with van der Waals surface area (Å²) >= 11 is 7.56. The highest BCUT2D eigenvalue weighted by molar-refractivity contribution is 8.00. The van der Waals surface area contributed by atoms with Crippen LogP contribution in [-0.4, -0.2) is 22.5 Å². The SMILES string of the molecule is NCC1(Sc2ccc(Cl)cc2)CC(O)C1. The average Bonchev–Trinajstić information content (AvgIpc) is 2.18. The lowest BCUT2D eigenvalue weighted by Crippen LogP contribution is -2.49. The van der Waals surface area contributed by atoms with Gasteiger partial charge in [0.25, 0.3) is 0 Å². The van der Waals surface area contributed by atoms with Crippen LogP contribution in [0.3, 0.4) is 0 Å². The minimum absolute atomic E-state index is 0.0350. The van der Waals surface area contributed by atoms with Crippen LogP contribution in [-0.2, 0) is 0 Å². The molecular weight excluding hydrogens is 230 g/mol. The Labute approximate surface area is 98.8 Å². The molecule has 0 saturated heterocycles. The van der Waals surface area contributed by atoms with Crippen LogP contribution < -0.4 is 5.73 Å². The molecule has 1 aromatic rings. The maximum absolute atomic E-state index is 9.35. The third-order valence-corrected chi connectivity index (χ3v) is 4.43. The zero-order chi connectivity index (χ0) is 10.9. The van der Waals surface area contributed by atoms with Crippen molar-refractivity contribution in [1.29, 1.82) is 0 Å². The molecule has 4 heteroatoms. The van der Waals surface area contributed by atoms with E-state index < -0.39 is 0 Å². The van der Waals surface area contributed by atoms with Crippen LogP contribution in [0.25, 0.3) is 0 Å².